The molecule has 1 amide bonds. The minimum atomic E-state index is 0.207. The van der Waals surface area contributed by atoms with Crippen LogP contribution in [0.5, 0.6) is 0 Å². The normalized spacial score (nSPS) is 11.4. The zero-order valence-corrected chi connectivity index (χ0v) is 13.5. The van der Waals surface area contributed by atoms with Gasteiger partial charge in [0.2, 0.25) is 5.91 Å². The molecule has 0 spiro atoms. The second-order valence-electron chi connectivity index (χ2n) is 5.66. The first-order chi connectivity index (χ1) is 9.47. The first-order valence-electron chi connectivity index (χ1n) is 7.59. The first-order valence-corrected chi connectivity index (χ1v) is 7.59. The second-order valence-corrected chi connectivity index (χ2v) is 5.66. The van der Waals surface area contributed by atoms with E-state index in [9.17, 15) is 4.79 Å². The van der Waals surface area contributed by atoms with Crippen molar-refractivity contribution in [3.63, 3.8) is 0 Å². The maximum atomic E-state index is 12.5. The predicted molar refractivity (Wildman–Crippen MR) is 84.3 cm³/mol. The molecule has 1 aromatic rings. The van der Waals surface area contributed by atoms with Crippen LogP contribution in [-0.2, 0) is 11.2 Å². The van der Waals surface area contributed by atoms with Gasteiger partial charge in [0.15, 0.2) is 0 Å². The van der Waals surface area contributed by atoms with Crippen molar-refractivity contribution in [1.82, 2.24) is 10.0 Å². The minimum Gasteiger partial charge on any atom is -0.275 e. The number of nitrogens with zero attached hydrogens (tertiary/aromatic N) is 2. The molecule has 0 N–H and O–H groups in total. The maximum absolute atomic E-state index is 12.5. The summed E-state index contributed by atoms with van der Waals surface area (Å²) >= 11 is 0. The van der Waals surface area contributed by atoms with E-state index < -0.39 is 0 Å². The van der Waals surface area contributed by atoms with E-state index in [0.717, 1.165) is 13.0 Å². The molecule has 0 heterocycles. The highest BCUT2D eigenvalue weighted by atomic mass is 16.2. The van der Waals surface area contributed by atoms with Crippen molar-refractivity contribution in [2.75, 3.05) is 6.54 Å². The Labute approximate surface area is 123 Å². The van der Waals surface area contributed by atoms with Gasteiger partial charge in [-0.05, 0) is 46.6 Å². The van der Waals surface area contributed by atoms with E-state index >= 15 is 0 Å². The minimum absolute atomic E-state index is 0.207. The molecule has 0 aromatic heterocycles. The SMILES string of the molecule is CCN(C(=O)CCc1ccccc1)N(C(C)C)C(C)C. The van der Waals surface area contributed by atoms with E-state index in [1.54, 1.807) is 0 Å². The zero-order chi connectivity index (χ0) is 15.1. The van der Waals surface area contributed by atoms with Crippen molar-refractivity contribution in [1.29, 1.82) is 0 Å². The van der Waals surface area contributed by atoms with Crippen molar-refractivity contribution in [2.45, 2.75) is 59.5 Å². The van der Waals surface area contributed by atoms with Gasteiger partial charge in [-0.25, -0.2) is 5.01 Å². The molecule has 0 radical (unpaired) electrons. The summed E-state index contributed by atoms with van der Waals surface area (Å²) < 4.78 is 0. The molecule has 0 bridgehead atoms. The third-order valence-corrected chi connectivity index (χ3v) is 3.39. The largest absolute Gasteiger partial charge is 0.275 e. The van der Waals surface area contributed by atoms with Gasteiger partial charge in [-0.3, -0.25) is 9.80 Å². The smallest absolute Gasteiger partial charge is 0.237 e. The van der Waals surface area contributed by atoms with E-state index in [1.165, 1.54) is 5.56 Å². The summed E-state index contributed by atoms with van der Waals surface area (Å²) in [6, 6.07) is 10.9. The van der Waals surface area contributed by atoms with Gasteiger partial charge in [0.25, 0.3) is 0 Å². The van der Waals surface area contributed by atoms with Crippen molar-refractivity contribution >= 4 is 5.91 Å². The molecular formula is C17H28N2O. The van der Waals surface area contributed by atoms with Crippen LogP contribution < -0.4 is 0 Å². The number of aryl methyl sites for hydroxylation is 1. The van der Waals surface area contributed by atoms with Gasteiger partial charge in [0.1, 0.15) is 0 Å². The molecule has 1 rings (SSSR count). The fourth-order valence-corrected chi connectivity index (χ4v) is 2.65. The summed E-state index contributed by atoms with van der Waals surface area (Å²) in [5.41, 5.74) is 1.22. The standard InChI is InChI=1S/C17H28N2O/c1-6-18(19(14(2)3)15(4)5)17(20)13-12-16-10-8-7-9-11-16/h7-11,14-15H,6,12-13H2,1-5H3. The fraction of sp³-hybridized carbons (Fsp3) is 0.588. The van der Waals surface area contributed by atoms with E-state index in [4.69, 9.17) is 0 Å². The monoisotopic (exact) mass is 276 g/mol. The number of carbonyl (C=O) groups is 1. The lowest BCUT2D eigenvalue weighted by Gasteiger charge is -2.40. The van der Waals surface area contributed by atoms with Crippen LogP contribution in [0, 0.1) is 0 Å². The molecule has 0 unspecified atom stereocenters. The first kappa shape index (κ1) is 16.7. The van der Waals surface area contributed by atoms with Gasteiger partial charge in [-0.1, -0.05) is 30.3 Å². The highest BCUT2D eigenvalue weighted by Crippen LogP contribution is 2.13. The van der Waals surface area contributed by atoms with Crippen LogP contribution in [0.15, 0.2) is 30.3 Å². The van der Waals surface area contributed by atoms with Crippen molar-refractivity contribution < 1.29 is 4.79 Å². The second kappa shape index (κ2) is 8.05. The van der Waals surface area contributed by atoms with Crippen LogP contribution in [0.1, 0.15) is 46.6 Å². The van der Waals surface area contributed by atoms with Gasteiger partial charge in [-0.2, -0.15) is 0 Å². The lowest BCUT2D eigenvalue weighted by molar-refractivity contribution is -0.156. The Balaban J connectivity index is 2.67. The molecule has 0 saturated heterocycles. The molecule has 112 valence electrons. The summed E-state index contributed by atoms with van der Waals surface area (Å²) in [5, 5.41) is 4.08. The summed E-state index contributed by atoms with van der Waals surface area (Å²) in [5.74, 6) is 0.207. The quantitative estimate of drug-likeness (QED) is 0.712. The summed E-state index contributed by atoms with van der Waals surface area (Å²) in [4.78, 5) is 12.5. The third kappa shape index (κ3) is 4.64. The Morgan fingerprint density at radius 2 is 1.60 bits per heavy atom. The van der Waals surface area contributed by atoms with Crippen LogP contribution in [-0.4, -0.2) is 34.6 Å². The Morgan fingerprint density at radius 1 is 1.05 bits per heavy atom. The van der Waals surface area contributed by atoms with Crippen LogP contribution >= 0.6 is 0 Å². The Bertz CT molecular complexity index is 393. The van der Waals surface area contributed by atoms with Gasteiger partial charge in [0.05, 0.1) is 0 Å². The molecule has 0 saturated carbocycles. The number of amides is 1. The molecule has 0 fully saturated rings. The molecule has 1 aromatic carbocycles. The number of rotatable bonds is 7. The van der Waals surface area contributed by atoms with Gasteiger partial charge >= 0.3 is 0 Å². The number of hydrogen-bond donors (Lipinski definition) is 0. The molecular weight excluding hydrogens is 248 g/mol. The van der Waals surface area contributed by atoms with Crippen LogP contribution in [0.4, 0.5) is 0 Å². The average Bonchev–Trinajstić information content (AvgIpc) is 2.42. The number of hydrogen-bond acceptors (Lipinski definition) is 2. The summed E-state index contributed by atoms with van der Waals surface area (Å²) in [6.07, 6.45) is 1.37. The Hall–Kier alpha value is -1.35. The molecule has 3 nitrogen and oxygen atoms in total. The maximum Gasteiger partial charge on any atom is 0.237 e. The van der Waals surface area contributed by atoms with E-state index in [-0.39, 0.29) is 5.91 Å². The topological polar surface area (TPSA) is 23.6 Å². The van der Waals surface area contributed by atoms with E-state index in [2.05, 4.69) is 44.8 Å². The van der Waals surface area contributed by atoms with Crippen LogP contribution in [0.25, 0.3) is 0 Å². The molecule has 0 atom stereocenters. The zero-order valence-electron chi connectivity index (χ0n) is 13.5. The molecule has 0 aliphatic carbocycles. The number of benzene rings is 1. The fourth-order valence-electron chi connectivity index (χ4n) is 2.65. The third-order valence-electron chi connectivity index (χ3n) is 3.39. The van der Waals surface area contributed by atoms with Gasteiger partial charge in [-0.15, -0.1) is 0 Å². The van der Waals surface area contributed by atoms with E-state index in [0.29, 0.717) is 18.5 Å². The van der Waals surface area contributed by atoms with Crippen molar-refractivity contribution in [3.05, 3.63) is 35.9 Å². The van der Waals surface area contributed by atoms with Crippen LogP contribution in [0.3, 0.4) is 0 Å². The molecule has 0 aliphatic heterocycles. The molecule has 0 aliphatic rings. The Morgan fingerprint density at radius 3 is 2.05 bits per heavy atom. The van der Waals surface area contributed by atoms with Gasteiger partial charge in [0, 0.05) is 25.0 Å². The molecule has 20 heavy (non-hydrogen) atoms. The predicted octanol–water partition coefficient (Wildman–Crippen LogP) is 3.50. The van der Waals surface area contributed by atoms with Gasteiger partial charge < -0.3 is 0 Å². The van der Waals surface area contributed by atoms with Crippen molar-refractivity contribution in [3.8, 4) is 0 Å². The van der Waals surface area contributed by atoms with Crippen LogP contribution in [0.2, 0.25) is 0 Å². The lowest BCUT2D eigenvalue weighted by Crippen LogP contribution is -2.53. The summed E-state index contributed by atoms with van der Waals surface area (Å²) in [7, 11) is 0. The van der Waals surface area contributed by atoms with Crippen molar-refractivity contribution in [2.24, 2.45) is 0 Å². The number of carbonyl (C=O) groups excluding carboxylic acids is 1. The van der Waals surface area contributed by atoms with E-state index in [1.807, 2.05) is 30.1 Å². The highest BCUT2D eigenvalue weighted by molar-refractivity contribution is 5.76. The Kier molecular flexibility index (Phi) is 6.73. The molecule has 3 heteroatoms. The lowest BCUT2D eigenvalue weighted by atomic mass is 10.1. The average molecular weight is 276 g/mol. The highest BCUT2D eigenvalue weighted by Gasteiger charge is 2.24. The summed E-state index contributed by atoms with van der Waals surface area (Å²) in [6.45, 7) is 11.3. The number of hydrazine groups is 1.